The topological polar surface area (TPSA) is 187 Å². The minimum Gasteiger partial charge on any atom is -0.467 e. The first-order valence-electron chi connectivity index (χ1n) is 11.8. The highest BCUT2D eigenvalue weighted by Crippen LogP contribution is 2.39. The number of unbranched alkanes of at least 4 members (excludes halogenated alkanes) is 1. The lowest BCUT2D eigenvalue weighted by Gasteiger charge is -2.22. The van der Waals surface area contributed by atoms with E-state index in [2.05, 4.69) is 10.3 Å². The number of nitro groups is 1. The van der Waals surface area contributed by atoms with E-state index in [0.29, 0.717) is 41.3 Å². The van der Waals surface area contributed by atoms with Gasteiger partial charge in [-0.3, -0.25) is 14.9 Å². The summed E-state index contributed by atoms with van der Waals surface area (Å²) in [4.78, 5) is 40.2. The molecule has 0 fully saturated rings. The van der Waals surface area contributed by atoms with E-state index in [1.807, 2.05) is 24.3 Å². The number of aliphatic hydroxyl groups is 1. The van der Waals surface area contributed by atoms with Gasteiger partial charge in [0.2, 0.25) is 0 Å². The molecule has 3 atom stereocenters. The lowest BCUT2D eigenvalue weighted by molar-refractivity contribution is -0.387. The average Bonchev–Trinajstić information content (AvgIpc) is 3.24. The SMILES string of the molecule is COC(=O)[C@H](Cc1c(Sc2ccccc2[N+](=O)[O-])[nH]c2ccccc12)NC(=O)[C@@H](O)[C@@H](N)CCCCN. The number of hydrogen-bond acceptors (Lipinski definition) is 9. The molecule has 1 aromatic heterocycles. The number of hydrogen-bond donors (Lipinski definition) is 5. The Bertz CT molecular complexity index is 1250. The van der Waals surface area contributed by atoms with Gasteiger partial charge in [0, 0.05) is 29.4 Å². The number of methoxy groups -OCH3 is 1. The summed E-state index contributed by atoms with van der Waals surface area (Å²) >= 11 is 1.16. The molecule has 11 nitrogen and oxygen atoms in total. The van der Waals surface area contributed by atoms with Crippen molar-refractivity contribution in [3.8, 4) is 0 Å². The average molecular weight is 530 g/mol. The standard InChI is InChI=1S/C25H31N5O6S/c1-36-25(33)19(28-23(32)22(31)17(27)9-6-7-13-26)14-16-15-8-2-3-10-18(15)29-24(16)37-21-12-5-4-11-20(21)30(34)35/h2-5,8,10-12,17,19,22,29,31H,6-7,9,13-14,26-27H2,1H3,(H,28,32)/t17-,19-,22-/m0/s1. The number of esters is 1. The number of ether oxygens (including phenoxy) is 1. The van der Waals surface area contributed by atoms with Crippen molar-refractivity contribution in [3.05, 3.63) is 64.2 Å². The van der Waals surface area contributed by atoms with Gasteiger partial charge >= 0.3 is 5.97 Å². The first-order chi connectivity index (χ1) is 17.8. The molecule has 0 saturated heterocycles. The lowest BCUT2D eigenvalue weighted by atomic mass is 10.0. The summed E-state index contributed by atoms with van der Waals surface area (Å²) in [5.74, 6) is -1.49. The van der Waals surface area contributed by atoms with Gasteiger partial charge in [0.1, 0.15) is 12.1 Å². The van der Waals surface area contributed by atoms with Crippen molar-refractivity contribution in [3.63, 3.8) is 0 Å². The maximum Gasteiger partial charge on any atom is 0.328 e. The highest BCUT2D eigenvalue weighted by Gasteiger charge is 2.30. The van der Waals surface area contributed by atoms with Crippen LogP contribution in [0.3, 0.4) is 0 Å². The molecule has 0 aliphatic rings. The van der Waals surface area contributed by atoms with Gasteiger partial charge in [-0.05, 0) is 37.1 Å². The number of benzene rings is 2. The number of para-hydroxylation sites is 2. The van der Waals surface area contributed by atoms with Crippen molar-refractivity contribution in [1.29, 1.82) is 0 Å². The van der Waals surface area contributed by atoms with Crippen LogP contribution in [0, 0.1) is 10.1 Å². The number of nitro benzene ring substituents is 1. The second-order valence-corrected chi connectivity index (χ2v) is 9.54. The maximum atomic E-state index is 12.8. The number of nitrogens with one attached hydrogen (secondary N) is 2. The largest absolute Gasteiger partial charge is 0.467 e. The number of aromatic amines is 1. The van der Waals surface area contributed by atoms with Gasteiger partial charge in [-0.1, -0.05) is 48.5 Å². The fourth-order valence-corrected chi connectivity index (χ4v) is 5.03. The van der Waals surface area contributed by atoms with Crippen LogP contribution in [0.15, 0.2) is 58.5 Å². The van der Waals surface area contributed by atoms with Gasteiger partial charge < -0.3 is 31.6 Å². The third kappa shape index (κ3) is 7.07. The van der Waals surface area contributed by atoms with E-state index in [4.69, 9.17) is 16.2 Å². The summed E-state index contributed by atoms with van der Waals surface area (Å²) in [5, 5.41) is 25.9. The highest BCUT2D eigenvalue weighted by molar-refractivity contribution is 7.99. The van der Waals surface area contributed by atoms with Crippen molar-refractivity contribution in [2.45, 2.75) is 53.8 Å². The molecular weight excluding hydrogens is 498 g/mol. The van der Waals surface area contributed by atoms with Crippen molar-refractivity contribution >= 4 is 40.2 Å². The minimum absolute atomic E-state index is 0.0144. The van der Waals surface area contributed by atoms with Gasteiger partial charge in [-0.15, -0.1) is 0 Å². The van der Waals surface area contributed by atoms with Crippen LogP contribution in [0.5, 0.6) is 0 Å². The van der Waals surface area contributed by atoms with Crippen LogP contribution in [-0.4, -0.2) is 58.7 Å². The van der Waals surface area contributed by atoms with Gasteiger partial charge in [0.05, 0.1) is 22.0 Å². The smallest absolute Gasteiger partial charge is 0.328 e. The van der Waals surface area contributed by atoms with E-state index in [-0.39, 0.29) is 12.1 Å². The minimum atomic E-state index is -1.52. The van der Waals surface area contributed by atoms with Crippen molar-refractivity contribution in [1.82, 2.24) is 10.3 Å². The zero-order chi connectivity index (χ0) is 26.9. The van der Waals surface area contributed by atoms with Crippen LogP contribution < -0.4 is 16.8 Å². The molecular formula is C25H31N5O6S. The number of aliphatic hydroxyl groups excluding tert-OH is 1. The summed E-state index contributed by atoms with van der Waals surface area (Å²) < 4.78 is 4.92. The highest BCUT2D eigenvalue weighted by atomic mass is 32.2. The molecule has 37 heavy (non-hydrogen) atoms. The van der Waals surface area contributed by atoms with E-state index in [1.54, 1.807) is 18.2 Å². The second-order valence-electron chi connectivity index (χ2n) is 8.49. The van der Waals surface area contributed by atoms with Gasteiger partial charge in [-0.2, -0.15) is 0 Å². The molecule has 7 N–H and O–H groups in total. The fourth-order valence-electron chi connectivity index (χ4n) is 3.94. The Kier molecular flexibility index (Phi) is 10.0. The normalized spacial score (nSPS) is 13.6. The van der Waals surface area contributed by atoms with Crippen LogP contribution in [-0.2, 0) is 20.7 Å². The van der Waals surface area contributed by atoms with Crippen molar-refractivity contribution in [2.75, 3.05) is 13.7 Å². The Hall–Kier alpha value is -3.45. The van der Waals surface area contributed by atoms with E-state index < -0.39 is 35.0 Å². The molecule has 3 rings (SSSR count). The summed E-state index contributed by atoms with van der Waals surface area (Å²) in [6, 6.07) is 11.8. The number of carbonyl (C=O) groups excluding carboxylic acids is 2. The summed E-state index contributed by atoms with van der Waals surface area (Å²) in [7, 11) is 1.20. The lowest BCUT2D eigenvalue weighted by Crippen LogP contribution is -2.52. The molecule has 3 aromatic rings. The van der Waals surface area contributed by atoms with Crippen LogP contribution in [0.1, 0.15) is 24.8 Å². The number of nitrogens with two attached hydrogens (primary N) is 2. The predicted molar refractivity (Wildman–Crippen MR) is 140 cm³/mol. The molecule has 1 heterocycles. The Morgan fingerprint density at radius 2 is 1.89 bits per heavy atom. The Morgan fingerprint density at radius 1 is 1.19 bits per heavy atom. The Balaban J connectivity index is 1.90. The Labute approximate surface area is 218 Å². The molecule has 0 spiro atoms. The number of rotatable bonds is 13. The molecule has 12 heteroatoms. The van der Waals surface area contributed by atoms with Crippen LogP contribution in [0.2, 0.25) is 0 Å². The molecule has 0 aliphatic heterocycles. The Morgan fingerprint density at radius 3 is 2.59 bits per heavy atom. The van der Waals surface area contributed by atoms with E-state index in [1.165, 1.54) is 13.2 Å². The van der Waals surface area contributed by atoms with E-state index in [9.17, 15) is 24.8 Å². The predicted octanol–water partition coefficient (Wildman–Crippen LogP) is 2.24. The van der Waals surface area contributed by atoms with Crippen molar-refractivity contribution < 1.29 is 24.4 Å². The summed E-state index contributed by atoms with van der Waals surface area (Å²) in [6.07, 6.45) is 0.264. The molecule has 1 amide bonds. The number of amides is 1. The van der Waals surface area contributed by atoms with Crippen LogP contribution in [0.25, 0.3) is 10.9 Å². The number of aromatic nitrogens is 1. The summed E-state index contributed by atoms with van der Waals surface area (Å²) in [5.41, 5.74) is 12.8. The molecule has 0 saturated carbocycles. The number of nitrogens with zero attached hydrogens (tertiary/aromatic N) is 1. The first-order valence-corrected chi connectivity index (χ1v) is 12.6. The maximum absolute atomic E-state index is 12.8. The number of fused-ring (bicyclic) bond motifs is 1. The van der Waals surface area contributed by atoms with Gasteiger partial charge in [0.15, 0.2) is 0 Å². The zero-order valence-corrected chi connectivity index (χ0v) is 21.2. The second kappa shape index (κ2) is 13.2. The van der Waals surface area contributed by atoms with Gasteiger partial charge in [0.25, 0.3) is 11.6 Å². The van der Waals surface area contributed by atoms with Crippen LogP contribution >= 0.6 is 11.8 Å². The zero-order valence-electron chi connectivity index (χ0n) is 20.4. The van der Waals surface area contributed by atoms with Gasteiger partial charge in [-0.25, -0.2) is 4.79 Å². The third-order valence-corrected chi connectivity index (χ3v) is 7.04. The summed E-state index contributed by atoms with van der Waals surface area (Å²) in [6.45, 7) is 0.483. The molecule has 0 radical (unpaired) electrons. The monoisotopic (exact) mass is 529 g/mol. The van der Waals surface area contributed by atoms with Crippen LogP contribution in [0.4, 0.5) is 5.69 Å². The first kappa shape index (κ1) is 28.1. The molecule has 0 unspecified atom stereocenters. The third-order valence-electron chi connectivity index (χ3n) is 5.92. The van der Waals surface area contributed by atoms with Crippen molar-refractivity contribution in [2.24, 2.45) is 11.5 Å². The number of H-pyrrole nitrogens is 1. The quantitative estimate of drug-likeness (QED) is 0.0957. The van der Waals surface area contributed by atoms with E-state index in [0.717, 1.165) is 22.7 Å². The molecule has 198 valence electrons. The molecule has 0 aliphatic carbocycles. The molecule has 2 aromatic carbocycles. The fraction of sp³-hybridized carbons (Fsp3) is 0.360. The molecule has 0 bridgehead atoms. The number of carbonyl (C=O) groups is 2. The van der Waals surface area contributed by atoms with E-state index >= 15 is 0 Å².